The first-order valence-corrected chi connectivity index (χ1v) is 20.9. The Hall–Kier alpha value is -4.38. The SMILES string of the molecule is CC(=O)O[C@H]1C(=O)[C@@]2(C)[C@H]([C@H](OC(=O)c3ccccc3)[C@]3(O)C[C@H](OC(=O)[C@H](O)[C@@H](NC(=O)OC(C)C)C4CCCCC4)C(C)=C1C3(C)C)[C@]1(OC(C)=O)CO[C@@H]1C[C@@H]2O. The number of aliphatic hydroxyl groups is 3. The number of ketones is 1. The molecule has 60 heavy (non-hydrogen) atoms. The first-order valence-electron chi connectivity index (χ1n) is 20.9. The molecular weight excluding hydrogens is 782 g/mol. The number of alkyl carbamates (subject to hydrolysis) is 1. The highest BCUT2D eigenvalue weighted by Gasteiger charge is 2.78. The number of carbonyl (C=O) groups is 6. The first kappa shape index (κ1) is 45.2. The standard InChI is InChI=1S/C44H59NO15/c1-22(2)56-40(53)45-32(26-15-11-9-12-16-26)33(49)39(52)58-28-20-44(54)37(59-38(51)27-17-13-10-14-18-27)35-42(8,29(48)19-30-43(35,21-55-30)60-25(5)47)36(50)34(57-24(4)46)31(23(28)3)41(44,6)7/h10,13-14,17-18,22,26,28-30,32-35,37,48-49,54H,9,11-12,15-16,19-21H2,1-8H3,(H,45,53)/t28-,29-,30+,32-,33+,34+,35-,37-,42+,43-,44+/m0/s1. The van der Waals surface area contributed by atoms with Crippen molar-refractivity contribution >= 4 is 35.8 Å². The van der Waals surface area contributed by atoms with Crippen molar-refractivity contribution in [2.45, 2.75) is 160 Å². The second kappa shape index (κ2) is 16.8. The minimum atomic E-state index is -2.36. The van der Waals surface area contributed by atoms with Gasteiger partial charge < -0.3 is 49.1 Å². The van der Waals surface area contributed by atoms with Crippen molar-refractivity contribution in [3.8, 4) is 0 Å². The van der Waals surface area contributed by atoms with Crippen LogP contribution in [0.25, 0.3) is 0 Å². The quantitative estimate of drug-likeness (QED) is 0.150. The zero-order chi connectivity index (χ0) is 44.1. The van der Waals surface area contributed by atoms with E-state index in [-0.39, 0.29) is 35.7 Å². The highest BCUT2D eigenvalue weighted by molar-refractivity contribution is 5.95. The number of nitrogens with one attached hydrogen (secondary N) is 1. The second-order valence-electron chi connectivity index (χ2n) is 18.1. The van der Waals surface area contributed by atoms with Gasteiger partial charge in [-0.05, 0) is 69.7 Å². The molecule has 1 heterocycles. The lowest BCUT2D eigenvalue weighted by molar-refractivity contribution is -0.346. The molecule has 0 spiro atoms. The van der Waals surface area contributed by atoms with Crippen molar-refractivity contribution in [1.82, 2.24) is 5.32 Å². The Balaban J connectivity index is 1.53. The van der Waals surface area contributed by atoms with E-state index in [0.29, 0.717) is 12.8 Å². The second-order valence-corrected chi connectivity index (χ2v) is 18.1. The highest BCUT2D eigenvalue weighted by Crippen LogP contribution is 2.64. The molecule has 6 rings (SSSR count). The summed E-state index contributed by atoms with van der Waals surface area (Å²) in [5.41, 5.74) is -7.49. The maximum atomic E-state index is 15.4. The van der Waals surface area contributed by atoms with Crippen LogP contribution in [-0.2, 0) is 47.6 Å². The highest BCUT2D eigenvalue weighted by atomic mass is 16.6. The van der Waals surface area contributed by atoms with Crippen LogP contribution in [0.5, 0.6) is 0 Å². The molecule has 0 radical (unpaired) electrons. The number of fused-ring (bicyclic) bond motifs is 5. The predicted octanol–water partition coefficient (Wildman–Crippen LogP) is 3.65. The molecule has 0 unspecified atom stereocenters. The summed E-state index contributed by atoms with van der Waals surface area (Å²) in [5, 5.41) is 40.1. The third kappa shape index (κ3) is 7.73. The Labute approximate surface area is 349 Å². The summed E-state index contributed by atoms with van der Waals surface area (Å²) in [6.07, 6.45) is -7.75. The molecule has 1 aromatic rings. The number of ether oxygens (including phenoxy) is 6. The van der Waals surface area contributed by atoms with E-state index < -0.39 is 119 Å². The molecule has 2 bridgehead atoms. The molecule has 4 fully saturated rings. The van der Waals surface area contributed by atoms with Gasteiger partial charge in [-0.3, -0.25) is 14.4 Å². The van der Waals surface area contributed by atoms with Crippen LogP contribution in [0, 0.1) is 22.7 Å². The van der Waals surface area contributed by atoms with Crippen molar-refractivity contribution in [2.75, 3.05) is 6.61 Å². The average molecular weight is 842 g/mol. The molecule has 4 N–H and O–H groups in total. The maximum Gasteiger partial charge on any atom is 0.407 e. The van der Waals surface area contributed by atoms with Crippen LogP contribution in [0.4, 0.5) is 4.79 Å². The predicted molar refractivity (Wildman–Crippen MR) is 210 cm³/mol. The van der Waals surface area contributed by atoms with E-state index in [4.69, 9.17) is 28.4 Å². The van der Waals surface area contributed by atoms with E-state index in [1.165, 1.54) is 19.1 Å². The fourth-order valence-corrected chi connectivity index (χ4v) is 10.7. The van der Waals surface area contributed by atoms with E-state index in [0.717, 1.165) is 33.1 Å². The molecule has 16 heteroatoms. The zero-order valence-corrected chi connectivity index (χ0v) is 35.6. The van der Waals surface area contributed by atoms with Gasteiger partial charge >= 0.3 is 30.0 Å². The number of hydrogen-bond donors (Lipinski definition) is 4. The lowest BCUT2D eigenvalue weighted by Crippen LogP contribution is -2.82. The minimum Gasteiger partial charge on any atom is -0.456 e. The molecule has 1 saturated heterocycles. The molecule has 330 valence electrons. The number of hydrogen-bond acceptors (Lipinski definition) is 15. The summed E-state index contributed by atoms with van der Waals surface area (Å²) in [5.74, 6) is -6.41. The van der Waals surface area contributed by atoms with Crippen LogP contribution in [0.1, 0.15) is 111 Å². The molecular formula is C44H59NO15. The summed E-state index contributed by atoms with van der Waals surface area (Å²) < 4.78 is 35.6. The minimum absolute atomic E-state index is 0.0207. The molecule has 4 aliphatic carbocycles. The van der Waals surface area contributed by atoms with Gasteiger partial charge in [0.05, 0.1) is 41.8 Å². The summed E-state index contributed by atoms with van der Waals surface area (Å²) in [7, 11) is 0. The van der Waals surface area contributed by atoms with Crippen LogP contribution in [0.2, 0.25) is 0 Å². The summed E-state index contributed by atoms with van der Waals surface area (Å²) >= 11 is 0. The van der Waals surface area contributed by atoms with E-state index >= 15 is 4.79 Å². The summed E-state index contributed by atoms with van der Waals surface area (Å²) in [6, 6.07) is 6.77. The molecule has 16 nitrogen and oxygen atoms in total. The number of Topliss-reactive ketones (excluding diaryl/α,β-unsaturated/α-hetero) is 1. The monoisotopic (exact) mass is 841 g/mol. The van der Waals surface area contributed by atoms with Crippen LogP contribution in [0.3, 0.4) is 0 Å². The van der Waals surface area contributed by atoms with Crippen LogP contribution < -0.4 is 5.32 Å². The Kier molecular flexibility index (Phi) is 12.7. The van der Waals surface area contributed by atoms with Gasteiger partial charge in [-0.1, -0.05) is 51.3 Å². The third-order valence-electron chi connectivity index (χ3n) is 13.8. The van der Waals surface area contributed by atoms with Gasteiger partial charge in [0, 0.05) is 32.1 Å². The maximum absolute atomic E-state index is 15.4. The van der Waals surface area contributed by atoms with Gasteiger partial charge in [-0.2, -0.15) is 0 Å². The Morgan fingerprint density at radius 2 is 1.58 bits per heavy atom. The van der Waals surface area contributed by atoms with Crippen molar-refractivity contribution in [1.29, 1.82) is 0 Å². The average Bonchev–Trinajstić information content (AvgIpc) is 3.17. The normalized spacial score (nSPS) is 34.6. The lowest BCUT2D eigenvalue weighted by atomic mass is 9.44. The van der Waals surface area contributed by atoms with Crippen molar-refractivity contribution in [3.63, 3.8) is 0 Å². The molecule has 5 aliphatic rings. The fourth-order valence-electron chi connectivity index (χ4n) is 10.7. The molecule has 3 saturated carbocycles. The molecule has 1 aliphatic heterocycles. The lowest BCUT2D eigenvalue weighted by Gasteiger charge is -2.67. The van der Waals surface area contributed by atoms with Crippen LogP contribution >= 0.6 is 0 Å². The smallest absolute Gasteiger partial charge is 0.407 e. The number of aliphatic hydroxyl groups excluding tert-OH is 2. The zero-order valence-electron chi connectivity index (χ0n) is 35.6. The van der Waals surface area contributed by atoms with E-state index in [1.54, 1.807) is 52.8 Å². The van der Waals surface area contributed by atoms with Gasteiger partial charge in [0.25, 0.3) is 0 Å². The number of benzene rings is 1. The summed E-state index contributed by atoms with van der Waals surface area (Å²) in [6.45, 7) is 11.4. The Bertz CT molecular complexity index is 1890. The topological polar surface area (TPSA) is 231 Å². The Morgan fingerprint density at radius 3 is 2.15 bits per heavy atom. The van der Waals surface area contributed by atoms with Crippen molar-refractivity contribution < 1.29 is 72.5 Å². The van der Waals surface area contributed by atoms with Gasteiger partial charge in [-0.15, -0.1) is 0 Å². The van der Waals surface area contributed by atoms with E-state index in [9.17, 15) is 39.3 Å². The van der Waals surface area contributed by atoms with Crippen molar-refractivity contribution in [3.05, 3.63) is 47.0 Å². The van der Waals surface area contributed by atoms with E-state index in [1.807, 2.05) is 0 Å². The Morgan fingerprint density at radius 1 is 0.933 bits per heavy atom. The van der Waals surface area contributed by atoms with Gasteiger partial charge in [-0.25, -0.2) is 14.4 Å². The molecule has 1 amide bonds. The molecule has 1 aromatic carbocycles. The third-order valence-corrected chi connectivity index (χ3v) is 13.8. The largest absolute Gasteiger partial charge is 0.456 e. The summed E-state index contributed by atoms with van der Waals surface area (Å²) in [4.78, 5) is 82.7. The van der Waals surface area contributed by atoms with Crippen LogP contribution in [-0.4, -0.2) is 118 Å². The molecule has 11 atom stereocenters. The molecule has 0 aromatic heterocycles. The van der Waals surface area contributed by atoms with E-state index in [2.05, 4.69) is 5.32 Å². The first-order chi connectivity index (χ1) is 28.1. The fraction of sp³-hybridized carbons (Fsp3) is 0.682. The van der Waals surface area contributed by atoms with Crippen LogP contribution in [0.15, 0.2) is 41.5 Å². The number of carbonyl (C=O) groups excluding carboxylic acids is 6. The van der Waals surface area contributed by atoms with Crippen molar-refractivity contribution in [2.24, 2.45) is 22.7 Å². The van der Waals surface area contributed by atoms with Gasteiger partial charge in [0.1, 0.15) is 23.9 Å². The van der Waals surface area contributed by atoms with Gasteiger partial charge in [0.2, 0.25) is 0 Å². The number of rotatable bonds is 10. The number of amides is 1. The van der Waals surface area contributed by atoms with Gasteiger partial charge in [0.15, 0.2) is 23.6 Å². The number of esters is 4.